The molecule has 10 heteroatoms. The molecule has 0 unspecified atom stereocenters. The maximum absolute atomic E-state index is 13.9. The van der Waals surface area contributed by atoms with Crippen LogP contribution in [0.4, 0.5) is 8.78 Å². The number of amides is 1. The number of halogens is 2. The van der Waals surface area contributed by atoms with Crippen molar-refractivity contribution in [2.45, 2.75) is 4.90 Å². The molecule has 2 aromatic carbocycles. The van der Waals surface area contributed by atoms with E-state index in [1.54, 1.807) is 0 Å². The smallest absolute Gasteiger partial charge is 0.276 e. The van der Waals surface area contributed by atoms with Gasteiger partial charge in [-0.3, -0.25) is 4.79 Å². The molecule has 7 nitrogen and oxygen atoms in total. The molecule has 1 amide bonds. The van der Waals surface area contributed by atoms with Gasteiger partial charge in [0, 0.05) is 43.9 Å². The van der Waals surface area contributed by atoms with E-state index in [0.29, 0.717) is 11.8 Å². The normalized spacial score (nSPS) is 15.3. The van der Waals surface area contributed by atoms with E-state index in [4.69, 9.17) is 4.52 Å². The molecule has 0 N–H and O–H groups in total. The van der Waals surface area contributed by atoms with Crippen LogP contribution in [0.25, 0.3) is 11.3 Å². The number of piperazine rings is 1. The highest BCUT2D eigenvalue weighted by Crippen LogP contribution is 2.23. The minimum atomic E-state index is -4.14. The third-order valence-electron chi connectivity index (χ3n) is 4.83. The first-order valence-corrected chi connectivity index (χ1v) is 10.6. The molecular weight excluding hydrogens is 416 g/mol. The highest BCUT2D eigenvalue weighted by Gasteiger charge is 2.33. The second-order valence-corrected chi connectivity index (χ2v) is 8.62. The zero-order valence-corrected chi connectivity index (χ0v) is 16.5. The van der Waals surface area contributed by atoms with Gasteiger partial charge in [0.2, 0.25) is 10.0 Å². The molecule has 0 saturated carbocycles. The third kappa shape index (κ3) is 3.83. The predicted molar refractivity (Wildman–Crippen MR) is 103 cm³/mol. The van der Waals surface area contributed by atoms with E-state index < -0.39 is 26.6 Å². The lowest BCUT2D eigenvalue weighted by molar-refractivity contribution is 0.0687. The lowest BCUT2D eigenvalue weighted by Gasteiger charge is -2.33. The summed E-state index contributed by atoms with van der Waals surface area (Å²) in [7, 11) is -4.14. The zero-order chi connectivity index (χ0) is 21.3. The van der Waals surface area contributed by atoms with Gasteiger partial charge in [0.15, 0.2) is 11.5 Å². The van der Waals surface area contributed by atoms with Crippen molar-refractivity contribution in [2.24, 2.45) is 0 Å². The quantitative estimate of drug-likeness (QED) is 0.632. The Kier molecular flexibility index (Phi) is 5.35. The molecule has 0 spiro atoms. The molecule has 3 aromatic rings. The van der Waals surface area contributed by atoms with Crippen LogP contribution in [0.1, 0.15) is 10.5 Å². The average molecular weight is 433 g/mol. The number of benzene rings is 2. The molecule has 156 valence electrons. The summed E-state index contributed by atoms with van der Waals surface area (Å²) < 4.78 is 58.7. The number of aromatic nitrogens is 1. The van der Waals surface area contributed by atoms with Gasteiger partial charge in [-0.05, 0) is 12.1 Å². The number of nitrogens with zero attached hydrogens (tertiary/aromatic N) is 3. The van der Waals surface area contributed by atoms with Gasteiger partial charge in [-0.15, -0.1) is 0 Å². The van der Waals surface area contributed by atoms with Crippen LogP contribution in [-0.2, 0) is 10.0 Å². The standard InChI is InChI=1S/C20H17F2N3O4S/c21-15-6-7-19(16(22)12-15)30(27,28)25-10-8-24(9-11-25)20(26)17-13-18(29-23-17)14-4-2-1-3-5-14/h1-7,12-13H,8-11H2. The molecular formula is C20H17F2N3O4S. The minimum absolute atomic E-state index is 0.0196. The molecule has 1 aromatic heterocycles. The highest BCUT2D eigenvalue weighted by molar-refractivity contribution is 7.89. The molecule has 1 aliphatic heterocycles. The summed E-state index contributed by atoms with van der Waals surface area (Å²) in [5.74, 6) is -1.94. The molecule has 1 fully saturated rings. The van der Waals surface area contributed by atoms with Gasteiger partial charge < -0.3 is 9.42 Å². The van der Waals surface area contributed by atoms with Gasteiger partial charge in [0.05, 0.1) is 0 Å². The number of rotatable bonds is 4. The summed E-state index contributed by atoms with van der Waals surface area (Å²) >= 11 is 0. The van der Waals surface area contributed by atoms with Crippen molar-refractivity contribution in [1.82, 2.24) is 14.4 Å². The Hall–Kier alpha value is -3.11. The van der Waals surface area contributed by atoms with Crippen LogP contribution >= 0.6 is 0 Å². The molecule has 0 bridgehead atoms. The predicted octanol–water partition coefficient (Wildman–Crippen LogP) is 2.77. The van der Waals surface area contributed by atoms with E-state index >= 15 is 0 Å². The Morgan fingerprint density at radius 3 is 2.33 bits per heavy atom. The summed E-state index contributed by atoms with van der Waals surface area (Å²) in [6.45, 7) is 0.172. The van der Waals surface area contributed by atoms with E-state index in [1.165, 1.54) is 11.0 Å². The van der Waals surface area contributed by atoms with E-state index in [9.17, 15) is 22.0 Å². The van der Waals surface area contributed by atoms with Crippen molar-refractivity contribution in [1.29, 1.82) is 0 Å². The van der Waals surface area contributed by atoms with Crippen LogP contribution in [0.2, 0.25) is 0 Å². The number of carbonyl (C=O) groups excluding carboxylic acids is 1. The molecule has 0 atom stereocenters. The van der Waals surface area contributed by atoms with E-state index in [-0.39, 0.29) is 37.8 Å². The molecule has 2 heterocycles. The Morgan fingerprint density at radius 1 is 0.967 bits per heavy atom. The number of hydrogen-bond donors (Lipinski definition) is 0. The lowest BCUT2D eigenvalue weighted by Crippen LogP contribution is -2.50. The maximum atomic E-state index is 13.9. The summed E-state index contributed by atoms with van der Waals surface area (Å²) in [6.07, 6.45) is 0. The van der Waals surface area contributed by atoms with Crippen molar-refractivity contribution >= 4 is 15.9 Å². The second kappa shape index (κ2) is 7.96. The van der Waals surface area contributed by atoms with Crippen molar-refractivity contribution < 1.29 is 26.5 Å². The molecule has 4 rings (SSSR count). The Labute approximate surface area is 171 Å². The van der Waals surface area contributed by atoms with Gasteiger partial charge in [0.25, 0.3) is 5.91 Å². The highest BCUT2D eigenvalue weighted by atomic mass is 32.2. The average Bonchev–Trinajstić information content (AvgIpc) is 3.24. The minimum Gasteiger partial charge on any atom is -0.355 e. The van der Waals surface area contributed by atoms with Gasteiger partial charge in [-0.25, -0.2) is 17.2 Å². The molecule has 1 saturated heterocycles. The first-order chi connectivity index (χ1) is 14.4. The molecule has 30 heavy (non-hydrogen) atoms. The van der Waals surface area contributed by atoms with Crippen LogP contribution in [-0.4, -0.2) is 54.9 Å². The SMILES string of the molecule is O=C(c1cc(-c2ccccc2)on1)N1CCN(S(=O)(=O)c2ccc(F)cc2F)CC1. The Morgan fingerprint density at radius 2 is 1.67 bits per heavy atom. The first kappa shape index (κ1) is 20.2. The number of carbonyl (C=O) groups is 1. The van der Waals surface area contributed by atoms with E-state index in [2.05, 4.69) is 5.16 Å². The van der Waals surface area contributed by atoms with Crippen LogP contribution in [0.3, 0.4) is 0 Å². The van der Waals surface area contributed by atoms with Gasteiger partial charge in [-0.2, -0.15) is 4.31 Å². The first-order valence-electron chi connectivity index (χ1n) is 9.13. The van der Waals surface area contributed by atoms with E-state index in [1.807, 2.05) is 30.3 Å². The van der Waals surface area contributed by atoms with Crippen LogP contribution in [0.15, 0.2) is 64.0 Å². The van der Waals surface area contributed by atoms with Crippen molar-refractivity contribution in [3.63, 3.8) is 0 Å². The van der Waals surface area contributed by atoms with Crippen molar-refractivity contribution in [3.8, 4) is 11.3 Å². The van der Waals surface area contributed by atoms with Crippen LogP contribution < -0.4 is 0 Å². The summed E-state index contributed by atoms with van der Waals surface area (Å²) in [4.78, 5) is 13.6. The third-order valence-corrected chi connectivity index (χ3v) is 6.76. The number of hydrogen-bond acceptors (Lipinski definition) is 5. The zero-order valence-electron chi connectivity index (χ0n) is 15.7. The molecule has 0 aliphatic carbocycles. The van der Waals surface area contributed by atoms with Crippen molar-refractivity contribution in [2.75, 3.05) is 26.2 Å². The largest absolute Gasteiger partial charge is 0.355 e. The molecule has 1 aliphatic rings. The fraction of sp³-hybridized carbons (Fsp3) is 0.200. The van der Waals surface area contributed by atoms with Crippen LogP contribution in [0, 0.1) is 11.6 Å². The monoisotopic (exact) mass is 433 g/mol. The van der Waals surface area contributed by atoms with E-state index in [0.717, 1.165) is 22.0 Å². The second-order valence-electron chi connectivity index (χ2n) is 6.71. The van der Waals surface area contributed by atoms with Gasteiger partial charge >= 0.3 is 0 Å². The molecule has 0 radical (unpaired) electrons. The van der Waals surface area contributed by atoms with Gasteiger partial charge in [-0.1, -0.05) is 35.5 Å². The topological polar surface area (TPSA) is 83.7 Å². The fourth-order valence-corrected chi connectivity index (χ4v) is 4.70. The fourth-order valence-electron chi connectivity index (χ4n) is 3.23. The Bertz CT molecular complexity index is 1170. The lowest BCUT2D eigenvalue weighted by atomic mass is 10.1. The summed E-state index contributed by atoms with van der Waals surface area (Å²) in [6, 6.07) is 13.0. The van der Waals surface area contributed by atoms with Gasteiger partial charge in [0.1, 0.15) is 16.5 Å². The Balaban J connectivity index is 1.44. The van der Waals surface area contributed by atoms with Crippen molar-refractivity contribution in [3.05, 3.63) is 71.9 Å². The summed E-state index contributed by atoms with van der Waals surface area (Å²) in [5.41, 5.74) is 0.899. The maximum Gasteiger partial charge on any atom is 0.276 e. The van der Waals surface area contributed by atoms with Crippen LogP contribution in [0.5, 0.6) is 0 Å². The summed E-state index contributed by atoms with van der Waals surface area (Å²) in [5, 5.41) is 3.82. The number of sulfonamides is 1.